The first-order valence-corrected chi connectivity index (χ1v) is 13.3. The van der Waals surface area contributed by atoms with Crippen LogP contribution in [0.2, 0.25) is 10.0 Å². The van der Waals surface area contributed by atoms with Gasteiger partial charge in [-0.15, -0.1) is 0 Å². The Hall–Kier alpha value is -3.65. The number of nitrogens with zero attached hydrogens (tertiary/aromatic N) is 2. The fourth-order valence-corrected chi connectivity index (χ4v) is 5.81. The molecule has 3 aromatic carbocycles. The predicted molar refractivity (Wildman–Crippen MR) is 149 cm³/mol. The van der Waals surface area contributed by atoms with Gasteiger partial charge >= 0.3 is 5.97 Å². The number of benzene rings is 3. The van der Waals surface area contributed by atoms with Crippen molar-refractivity contribution in [1.29, 1.82) is 0 Å². The van der Waals surface area contributed by atoms with Crippen LogP contribution in [0.1, 0.15) is 29.7 Å². The number of carbonyl (C=O) groups excluding carboxylic acids is 1. The number of halogens is 2. The number of allylic oxidation sites excluding steroid dienone is 1. The number of aromatic nitrogens is 1. The van der Waals surface area contributed by atoms with E-state index in [1.54, 1.807) is 29.7 Å². The van der Waals surface area contributed by atoms with Crippen molar-refractivity contribution in [2.24, 2.45) is 4.99 Å². The Morgan fingerprint density at radius 1 is 1.08 bits per heavy atom. The third-order valence-corrected chi connectivity index (χ3v) is 7.72. The second-order valence-corrected chi connectivity index (χ2v) is 10.4. The van der Waals surface area contributed by atoms with Gasteiger partial charge in [-0.05, 0) is 36.8 Å². The minimum Gasteiger partial charge on any atom is -0.488 e. The summed E-state index contributed by atoms with van der Waals surface area (Å²) >= 11 is 13.6. The van der Waals surface area contributed by atoms with E-state index in [9.17, 15) is 9.59 Å². The van der Waals surface area contributed by atoms with Crippen LogP contribution < -0.4 is 19.6 Å². The van der Waals surface area contributed by atoms with Gasteiger partial charge in [-0.1, -0.05) is 89.1 Å². The molecule has 0 saturated carbocycles. The highest BCUT2D eigenvalue weighted by atomic mass is 35.5. The SMILES string of the molecule is COC(=O)C1=C(C)N=c2s/c(=C\c3ccccc3OCc3ccc(Cl)cc3Cl)c(=O)n2[C@H]1c1ccccc1. The molecular formula is C29H22Cl2N2O4S. The summed E-state index contributed by atoms with van der Waals surface area (Å²) in [5.41, 5.74) is 2.90. The van der Waals surface area contributed by atoms with Crippen LogP contribution in [0.4, 0.5) is 0 Å². The quantitative estimate of drug-likeness (QED) is 0.298. The van der Waals surface area contributed by atoms with Crippen LogP contribution >= 0.6 is 34.5 Å². The molecular weight excluding hydrogens is 543 g/mol. The number of thiazole rings is 1. The molecule has 9 heteroatoms. The second kappa shape index (κ2) is 11.0. The summed E-state index contributed by atoms with van der Waals surface area (Å²) in [4.78, 5) is 31.6. The number of carbonyl (C=O) groups is 1. The summed E-state index contributed by atoms with van der Waals surface area (Å²) in [6.07, 6.45) is 1.78. The summed E-state index contributed by atoms with van der Waals surface area (Å²) < 4.78 is 13.1. The monoisotopic (exact) mass is 564 g/mol. The Bertz CT molecular complexity index is 1740. The topological polar surface area (TPSA) is 69.9 Å². The zero-order valence-corrected chi connectivity index (χ0v) is 22.8. The molecule has 0 amide bonds. The van der Waals surface area contributed by atoms with Crippen molar-refractivity contribution in [2.45, 2.75) is 19.6 Å². The van der Waals surface area contributed by atoms with Crippen molar-refractivity contribution in [3.8, 4) is 5.75 Å². The predicted octanol–water partition coefficient (Wildman–Crippen LogP) is 5.29. The van der Waals surface area contributed by atoms with E-state index in [1.807, 2.05) is 60.7 Å². The highest BCUT2D eigenvalue weighted by molar-refractivity contribution is 7.07. The van der Waals surface area contributed by atoms with Gasteiger partial charge in [-0.25, -0.2) is 9.79 Å². The van der Waals surface area contributed by atoms with E-state index in [1.165, 1.54) is 18.4 Å². The van der Waals surface area contributed by atoms with Gasteiger partial charge in [0.05, 0.1) is 29.0 Å². The van der Waals surface area contributed by atoms with E-state index in [0.29, 0.717) is 36.4 Å². The maximum absolute atomic E-state index is 13.8. The fraction of sp³-hybridized carbons (Fsp3) is 0.138. The number of fused-ring (bicyclic) bond motifs is 1. The average Bonchev–Trinajstić information content (AvgIpc) is 3.22. The molecule has 2 heterocycles. The van der Waals surface area contributed by atoms with E-state index in [2.05, 4.69) is 4.99 Å². The van der Waals surface area contributed by atoms with Gasteiger partial charge in [0.15, 0.2) is 4.80 Å². The van der Waals surface area contributed by atoms with E-state index in [0.717, 1.165) is 16.7 Å². The summed E-state index contributed by atoms with van der Waals surface area (Å²) in [5.74, 6) is 0.0735. The average molecular weight is 565 g/mol. The van der Waals surface area contributed by atoms with Crippen LogP contribution in [-0.2, 0) is 16.1 Å². The molecule has 38 heavy (non-hydrogen) atoms. The van der Waals surface area contributed by atoms with Crippen molar-refractivity contribution < 1.29 is 14.3 Å². The van der Waals surface area contributed by atoms with E-state index >= 15 is 0 Å². The van der Waals surface area contributed by atoms with Gasteiger partial charge in [0.25, 0.3) is 5.56 Å². The van der Waals surface area contributed by atoms with E-state index in [4.69, 9.17) is 32.7 Å². The Kier molecular flexibility index (Phi) is 7.51. The minimum atomic E-state index is -0.652. The van der Waals surface area contributed by atoms with Crippen molar-refractivity contribution in [1.82, 2.24) is 4.57 Å². The molecule has 6 nitrogen and oxygen atoms in total. The van der Waals surface area contributed by atoms with Crippen molar-refractivity contribution in [3.05, 3.63) is 130 Å². The Balaban J connectivity index is 1.58. The fourth-order valence-electron chi connectivity index (χ4n) is 4.31. The van der Waals surface area contributed by atoms with Gasteiger partial charge in [-0.3, -0.25) is 9.36 Å². The minimum absolute atomic E-state index is 0.234. The molecule has 0 N–H and O–H groups in total. The number of esters is 1. The first-order valence-electron chi connectivity index (χ1n) is 11.7. The lowest BCUT2D eigenvalue weighted by atomic mass is 9.96. The highest BCUT2D eigenvalue weighted by Gasteiger charge is 2.32. The van der Waals surface area contributed by atoms with Crippen LogP contribution in [0.3, 0.4) is 0 Å². The Labute approximate surface area is 232 Å². The maximum Gasteiger partial charge on any atom is 0.338 e. The zero-order valence-electron chi connectivity index (χ0n) is 20.5. The molecule has 0 bridgehead atoms. The van der Waals surface area contributed by atoms with Gasteiger partial charge < -0.3 is 9.47 Å². The molecule has 1 aliphatic heterocycles. The molecule has 192 valence electrons. The van der Waals surface area contributed by atoms with Crippen molar-refractivity contribution in [3.63, 3.8) is 0 Å². The zero-order chi connectivity index (χ0) is 26.8. The van der Waals surface area contributed by atoms with E-state index < -0.39 is 12.0 Å². The Morgan fingerprint density at radius 2 is 1.82 bits per heavy atom. The van der Waals surface area contributed by atoms with Crippen molar-refractivity contribution >= 4 is 46.6 Å². The normalized spacial score (nSPS) is 15.2. The van der Waals surface area contributed by atoms with Crippen LogP contribution in [0.5, 0.6) is 5.75 Å². The standard InChI is InChI=1S/C29H22Cl2N2O4S/c1-17-25(28(35)36-2)26(18-8-4-3-5-9-18)33-27(34)24(38-29(33)32-17)14-19-10-6-7-11-23(19)37-16-20-12-13-21(30)15-22(20)31/h3-15,26H,16H2,1-2H3/b24-14-/t26-/m0/s1. The van der Waals surface area contributed by atoms with Gasteiger partial charge in [0.1, 0.15) is 12.4 Å². The smallest absolute Gasteiger partial charge is 0.338 e. The van der Waals surface area contributed by atoms with Crippen LogP contribution in [0.25, 0.3) is 6.08 Å². The lowest BCUT2D eigenvalue weighted by Crippen LogP contribution is -2.39. The Morgan fingerprint density at radius 3 is 2.55 bits per heavy atom. The number of hydrogen-bond donors (Lipinski definition) is 0. The molecule has 0 saturated heterocycles. The lowest BCUT2D eigenvalue weighted by Gasteiger charge is -2.24. The molecule has 0 aliphatic carbocycles. The number of ether oxygens (including phenoxy) is 2. The molecule has 1 aromatic heterocycles. The number of hydrogen-bond acceptors (Lipinski definition) is 6. The lowest BCUT2D eigenvalue weighted by molar-refractivity contribution is -0.136. The van der Waals surface area contributed by atoms with Gasteiger partial charge in [-0.2, -0.15) is 0 Å². The summed E-state index contributed by atoms with van der Waals surface area (Å²) in [7, 11) is 1.32. The number of para-hydroxylation sites is 1. The van der Waals surface area contributed by atoms with Gasteiger partial charge in [0, 0.05) is 21.2 Å². The van der Waals surface area contributed by atoms with Crippen LogP contribution in [0, 0.1) is 0 Å². The summed E-state index contributed by atoms with van der Waals surface area (Å²) in [6.45, 7) is 1.99. The third kappa shape index (κ3) is 5.05. The molecule has 0 fully saturated rings. The molecule has 4 aromatic rings. The first-order chi connectivity index (χ1) is 18.4. The first kappa shape index (κ1) is 26.0. The van der Waals surface area contributed by atoms with Gasteiger partial charge in [0.2, 0.25) is 0 Å². The van der Waals surface area contributed by atoms with Crippen LogP contribution in [0.15, 0.2) is 93.9 Å². The maximum atomic E-state index is 13.8. The number of methoxy groups -OCH3 is 1. The number of rotatable bonds is 6. The van der Waals surface area contributed by atoms with Crippen LogP contribution in [-0.4, -0.2) is 17.6 Å². The molecule has 0 spiro atoms. The third-order valence-electron chi connectivity index (χ3n) is 6.15. The highest BCUT2D eigenvalue weighted by Crippen LogP contribution is 2.30. The van der Waals surface area contributed by atoms with Crippen molar-refractivity contribution in [2.75, 3.05) is 7.11 Å². The molecule has 1 atom stereocenters. The molecule has 0 radical (unpaired) electrons. The molecule has 1 aliphatic rings. The summed E-state index contributed by atoms with van der Waals surface area (Å²) in [5, 5.41) is 1.06. The summed E-state index contributed by atoms with van der Waals surface area (Å²) in [6, 6.07) is 21.4. The molecule has 0 unspecified atom stereocenters. The second-order valence-electron chi connectivity index (χ2n) is 8.55. The largest absolute Gasteiger partial charge is 0.488 e. The molecule has 5 rings (SSSR count). The van der Waals surface area contributed by atoms with E-state index in [-0.39, 0.29) is 12.2 Å².